The molecule has 0 fully saturated rings. The van der Waals surface area contributed by atoms with Gasteiger partial charge in [-0.2, -0.15) is 0 Å². The molecule has 0 saturated carbocycles. The zero-order valence-corrected chi connectivity index (χ0v) is 15.8. The van der Waals surface area contributed by atoms with Gasteiger partial charge < -0.3 is 19.9 Å². The predicted octanol–water partition coefficient (Wildman–Crippen LogP) is 3.44. The van der Waals surface area contributed by atoms with Crippen LogP contribution < -0.4 is 10.1 Å². The number of carbonyl (C=O) groups is 1. The first-order valence-corrected chi connectivity index (χ1v) is 7.46. The summed E-state index contributed by atoms with van der Waals surface area (Å²) in [5.74, 6) is 1.13. The number of halogens is 2. The number of hydrogen-bond acceptors (Lipinski definition) is 4. The van der Waals surface area contributed by atoms with Crippen LogP contribution in [0.5, 0.6) is 5.75 Å². The molecule has 5 nitrogen and oxygen atoms in total. The lowest BCUT2D eigenvalue weighted by Gasteiger charge is -2.16. The Bertz CT molecular complexity index is 512. The Morgan fingerprint density at radius 1 is 1.30 bits per heavy atom. The van der Waals surface area contributed by atoms with Crippen molar-refractivity contribution in [1.82, 2.24) is 9.80 Å². The molecule has 23 heavy (non-hydrogen) atoms. The fourth-order valence-corrected chi connectivity index (χ4v) is 2.43. The van der Waals surface area contributed by atoms with E-state index in [2.05, 4.69) is 30.4 Å². The third-order valence-corrected chi connectivity index (χ3v) is 3.92. The van der Waals surface area contributed by atoms with Crippen molar-refractivity contribution in [2.75, 3.05) is 46.1 Å². The molecule has 1 aliphatic rings. The number of ether oxygens (including phenoxy) is 1. The fraction of sp³-hybridized carbons (Fsp3) is 0.562. The number of benzene rings is 1. The van der Waals surface area contributed by atoms with Gasteiger partial charge in [-0.3, -0.25) is 0 Å². The van der Waals surface area contributed by atoms with Gasteiger partial charge in [0.25, 0.3) is 0 Å². The summed E-state index contributed by atoms with van der Waals surface area (Å²) in [7, 11) is 5.91. The van der Waals surface area contributed by atoms with Crippen molar-refractivity contribution in [3.05, 3.63) is 23.8 Å². The fourth-order valence-electron chi connectivity index (χ4n) is 2.43. The highest BCUT2D eigenvalue weighted by atomic mass is 35.5. The molecule has 7 heteroatoms. The highest BCUT2D eigenvalue weighted by Crippen LogP contribution is 2.36. The van der Waals surface area contributed by atoms with Crippen LogP contribution in [-0.2, 0) is 0 Å². The van der Waals surface area contributed by atoms with Gasteiger partial charge in [-0.25, -0.2) is 4.79 Å². The first-order valence-electron chi connectivity index (χ1n) is 7.46. The molecule has 1 amide bonds. The lowest BCUT2D eigenvalue weighted by molar-refractivity contribution is 0.165. The van der Waals surface area contributed by atoms with Crippen molar-refractivity contribution < 1.29 is 9.53 Å². The van der Waals surface area contributed by atoms with E-state index in [0.717, 1.165) is 25.2 Å². The molecule has 1 aliphatic heterocycles. The molecule has 0 aromatic heterocycles. The summed E-state index contributed by atoms with van der Waals surface area (Å²) < 4.78 is 5.36. The maximum atomic E-state index is 11.8. The average Bonchev–Trinajstić information content (AvgIpc) is 2.86. The maximum Gasteiger partial charge on any atom is 0.414 e. The monoisotopic (exact) mass is 363 g/mol. The summed E-state index contributed by atoms with van der Waals surface area (Å²) in [6.07, 6.45) is 0.810. The third-order valence-electron chi connectivity index (χ3n) is 3.92. The summed E-state index contributed by atoms with van der Waals surface area (Å²) in [5, 5.41) is 3.41. The Morgan fingerprint density at radius 3 is 2.61 bits per heavy atom. The average molecular weight is 364 g/mol. The van der Waals surface area contributed by atoms with Crippen molar-refractivity contribution >= 4 is 36.6 Å². The Labute approximate surface area is 151 Å². The summed E-state index contributed by atoms with van der Waals surface area (Å²) >= 11 is 0. The second-order valence-corrected chi connectivity index (χ2v) is 5.80. The van der Waals surface area contributed by atoms with Crippen LogP contribution in [0.4, 0.5) is 10.5 Å². The zero-order valence-electron chi connectivity index (χ0n) is 14.2. The van der Waals surface area contributed by atoms with Gasteiger partial charge in [-0.05, 0) is 45.6 Å². The number of anilines is 1. The molecule has 0 saturated heterocycles. The van der Waals surface area contributed by atoms with Crippen molar-refractivity contribution in [2.45, 2.75) is 19.3 Å². The molecule has 1 unspecified atom stereocenters. The van der Waals surface area contributed by atoms with Gasteiger partial charge in [0.1, 0.15) is 5.75 Å². The molecule has 0 aliphatic carbocycles. The van der Waals surface area contributed by atoms with E-state index >= 15 is 0 Å². The standard InChI is InChI=1S/C16H25N3O2.2ClH/c1-5-19(4)16(20)21-13-6-7-14-12(8-9-18(2)3)11-17-15(14)10-13;;/h6-7,10,12,17H,5,8-9,11H2,1-4H3;2*1H. The van der Waals surface area contributed by atoms with Gasteiger partial charge in [-0.15, -0.1) is 24.8 Å². The minimum atomic E-state index is -0.320. The number of nitrogens with one attached hydrogen (secondary N) is 1. The topological polar surface area (TPSA) is 44.8 Å². The quantitative estimate of drug-likeness (QED) is 0.869. The molecule has 1 heterocycles. The summed E-state index contributed by atoms with van der Waals surface area (Å²) in [4.78, 5) is 15.5. The van der Waals surface area contributed by atoms with Crippen LogP contribution in [0.1, 0.15) is 24.8 Å². The van der Waals surface area contributed by atoms with Crippen LogP contribution in [0.3, 0.4) is 0 Å². The molecule has 1 atom stereocenters. The van der Waals surface area contributed by atoms with Gasteiger partial charge >= 0.3 is 6.09 Å². The number of amides is 1. The zero-order chi connectivity index (χ0) is 15.4. The molecule has 0 radical (unpaired) electrons. The minimum absolute atomic E-state index is 0. The van der Waals surface area contributed by atoms with Gasteiger partial charge in [-0.1, -0.05) is 6.07 Å². The second kappa shape index (κ2) is 9.85. The van der Waals surface area contributed by atoms with Gasteiger partial charge in [0, 0.05) is 37.8 Å². The van der Waals surface area contributed by atoms with Crippen molar-refractivity contribution in [3.63, 3.8) is 0 Å². The Kier molecular flexibility index (Phi) is 9.35. The van der Waals surface area contributed by atoms with Crippen LogP contribution >= 0.6 is 24.8 Å². The Balaban J connectivity index is 0.00000242. The van der Waals surface area contributed by atoms with E-state index in [4.69, 9.17) is 4.74 Å². The van der Waals surface area contributed by atoms with Crippen molar-refractivity contribution in [3.8, 4) is 5.75 Å². The van der Waals surface area contributed by atoms with Gasteiger partial charge in [0.05, 0.1) is 0 Å². The lowest BCUT2D eigenvalue weighted by atomic mass is 9.97. The molecule has 1 N–H and O–H groups in total. The van der Waals surface area contributed by atoms with E-state index in [0.29, 0.717) is 18.2 Å². The number of fused-ring (bicyclic) bond motifs is 1. The van der Waals surface area contributed by atoms with E-state index in [1.807, 2.05) is 19.1 Å². The van der Waals surface area contributed by atoms with Crippen molar-refractivity contribution in [1.29, 1.82) is 0 Å². The minimum Gasteiger partial charge on any atom is -0.410 e. The van der Waals surface area contributed by atoms with E-state index in [1.165, 1.54) is 5.56 Å². The molecule has 1 aromatic carbocycles. The Morgan fingerprint density at radius 2 is 2.00 bits per heavy atom. The molecular formula is C16H27Cl2N3O2. The first kappa shape index (κ1) is 21.8. The number of hydrogen-bond donors (Lipinski definition) is 1. The SMILES string of the molecule is CCN(C)C(=O)Oc1ccc2c(c1)NCC2CCN(C)C.Cl.Cl. The summed E-state index contributed by atoms with van der Waals surface area (Å²) in [5.41, 5.74) is 2.41. The van der Waals surface area contributed by atoms with Gasteiger partial charge in [0.2, 0.25) is 0 Å². The number of carbonyl (C=O) groups excluding carboxylic acids is 1. The maximum absolute atomic E-state index is 11.8. The highest BCUT2D eigenvalue weighted by Gasteiger charge is 2.23. The van der Waals surface area contributed by atoms with E-state index in [9.17, 15) is 4.79 Å². The molecule has 1 aromatic rings. The van der Waals surface area contributed by atoms with Crippen molar-refractivity contribution in [2.24, 2.45) is 0 Å². The summed E-state index contributed by atoms with van der Waals surface area (Å²) in [6.45, 7) is 4.58. The summed E-state index contributed by atoms with van der Waals surface area (Å²) in [6, 6.07) is 5.88. The normalized spacial score (nSPS) is 15.1. The van der Waals surface area contributed by atoms with E-state index in [-0.39, 0.29) is 30.9 Å². The predicted molar refractivity (Wildman–Crippen MR) is 99.7 cm³/mol. The first-order chi connectivity index (χ1) is 10.0. The molecule has 0 bridgehead atoms. The number of rotatable bonds is 5. The molecular weight excluding hydrogens is 337 g/mol. The van der Waals surface area contributed by atoms with Crippen LogP contribution in [0.2, 0.25) is 0 Å². The molecule has 2 rings (SSSR count). The molecule has 132 valence electrons. The lowest BCUT2D eigenvalue weighted by Crippen LogP contribution is -2.29. The third kappa shape index (κ3) is 5.75. The van der Waals surface area contributed by atoms with E-state index in [1.54, 1.807) is 11.9 Å². The smallest absolute Gasteiger partial charge is 0.410 e. The van der Waals surface area contributed by atoms with Crippen LogP contribution in [0, 0.1) is 0 Å². The Hall–Kier alpha value is -1.17. The molecule has 0 spiro atoms. The highest BCUT2D eigenvalue weighted by molar-refractivity contribution is 5.85. The van der Waals surface area contributed by atoms with Crippen LogP contribution in [-0.4, -0.2) is 56.7 Å². The number of nitrogens with zero attached hydrogens (tertiary/aromatic N) is 2. The van der Waals surface area contributed by atoms with E-state index < -0.39 is 0 Å². The second-order valence-electron chi connectivity index (χ2n) is 5.80. The van der Waals surface area contributed by atoms with Crippen LogP contribution in [0.15, 0.2) is 18.2 Å². The largest absolute Gasteiger partial charge is 0.414 e. The van der Waals surface area contributed by atoms with Crippen LogP contribution in [0.25, 0.3) is 0 Å². The van der Waals surface area contributed by atoms with Gasteiger partial charge in [0.15, 0.2) is 0 Å².